The molecule has 0 aliphatic carbocycles. The first-order valence-corrected chi connectivity index (χ1v) is 6.79. The molecule has 0 aliphatic rings. The molecule has 20 heavy (non-hydrogen) atoms. The van der Waals surface area contributed by atoms with Gasteiger partial charge in [0.25, 0.3) is 6.47 Å². The van der Waals surface area contributed by atoms with Crippen LogP contribution < -0.4 is 10.1 Å². The lowest BCUT2D eigenvalue weighted by molar-refractivity contribution is -0.120. The average Bonchev–Trinajstić information content (AvgIpc) is 2.49. The van der Waals surface area contributed by atoms with Crippen molar-refractivity contribution in [3.63, 3.8) is 0 Å². The van der Waals surface area contributed by atoms with Gasteiger partial charge in [0.1, 0.15) is 0 Å². The van der Waals surface area contributed by atoms with E-state index < -0.39 is 0 Å². The third kappa shape index (κ3) is 4.12. The zero-order valence-electron chi connectivity index (χ0n) is 11.6. The van der Waals surface area contributed by atoms with Crippen LogP contribution in [0.25, 0.3) is 0 Å². The van der Waals surface area contributed by atoms with Crippen LogP contribution in [-0.4, -0.2) is 12.5 Å². The molecule has 0 bridgehead atoms. The predicted molar refractivity (Wildman–Crippen MR) is 81.0 cm³/mol. The summed E-state index contributed by atoms with van der Waals surface area (Å²) in [5, 5.41) is 3.38. The second kappa shape index (κ2) is 7.34. The van der Waals surface area contributed by atoms with Gasteiger partial charge < -0.3 is 10.1 Å². The maximum atomic E-state index is 10.5. The highest BCUT2D eigenvalue weighted by atomic mass is 16.5. The minimum Gasteiger partial charge on any atom is -0.427 e. The summed E-state index contributed by atoms with van der Waals surface area (Å²) in [6.07, 6.45) is 2.03. The minimum absolute atomic E-state index is 0.298. The number of hydrogen-bond acceptors (Lipinski definition) is 3. The summed E-state index contributed by atoms with van der Waals surface area (Å²) in [6, 6.07) is 18.2. The SMILES string of the molecule is CC(CCc1ccccc1)Nc1ccccc1OC=O. The molecular weight excluding hydrogens is 250 g/mol. The summed E-state index contributed by atoms with van der Waals surface area (Å²) in [6.45, 7) is 2.58. The van der Waals surface area contributed by atoms with Crippen LogP contribution in [0.2, 0.25) is 0 Å². The van der Waals surface area contributed by atoms with Gasteiger partial charge in [-0.15, -0.1) is 0 Å². The quantitative estimate of drug-likeness (QED) is 0.780. The Morgan fingerprint density at radius 2 is 1.80 bits per heavy atom. The fourth-order valence-corrected chi connectivity index (χ4v) is 2.11. The van der Waals surface area contributed by atoms with E-state index in [-0.39, 0.29) is 0 Å². The minimum atomic E-state index is 0.298. The van der Waals surface area contributed by atoms with Crippen molar-refractivity contribution in [2.75, 3.05) is 5.32 Å². The van der Waals surface area contributed by atoms with E-state index in [4.69, 9.17) is 4.74 Å². The third-order valence-corrected chi connectivity index (χ3v) is 3.17. The van der Waals surface area contributed by atoms with Crippen LogP contribution in [0.1, 0.15) is 18.9 Å². The first-order valence-electron chi connectivity index (χ1n) is 6.79. The molecule has 0 spiro atoms. The second-order valence-electron chi connectivity index (χ2n) is 4.78. The Morgan fingerprint density at radius 1 is 1.10 bits per heavy atom. The van der Waals surface area contributed by atoms with Gasteiger partial charge in [-0.3, -0.25) is 4.79 Å². The number of carbonyl (C=O) groups is 1. The van der Waals surface area contributed by atoms with E-state index in [1.807, 2.05) is 24.3 Å². The Bertz CT molecular complexity index is 540. The summed E-state index contributed by atoms with van der Waals surface area (Å²) in [7, 11) is 0. The highest BCUT2D eigenvalue weighted by Crippen LogP contribution is 2.24. The number of carbonyl (C=O) groups excluding carboxylic acids is 1. The van der Waals surface area contributed by atoms with Crippen molar-refractivity contribution < 1.29 is 9.53 Å². The van der Waals surface area contributed by atoms with Crippen LogP contribution in [0.4, 0.5) is 5.69 Å². The standard InChI is InChI=1S/C17H19NO2/c1-14(11-12-15-7-3-2-4-8-15)18-16-9-5-6-10-17(16)20-13-19/h2-10,13-14,18H,11-12H2,1H3. The fourth-order valence-electron chi connectivity index (χ4n) is 2.11. The van der Waals surface area contributed by atoms with Gasteiger partial charge in [0, 0.05) is 6.04 Å². The van der Waals surface area contributed by atoms with Crippen LogP contribution in [-0.2, 0) is 11.2 Å². The summed E-state index contributed by atoms with van der Waals surface area (Å²) >= 11 is 0. The van der Waals surface area contributed by atoms with Crippen molar-refractivity contribution >= 4 is 12.2 Å². The van der Waals surface area contributed by atoms with E-state index in [9.17, 15) is 4.79 Å². The molecule has 1 atom stereocenters. The molecule has 0 fully saturated rings. The largest absolute Gasteiger partial charge is 0.427 e. The molecular formula is C17H19NO2. The highest BCUT2D eigenvalue weighted by Gasteiger charge is 2.07. The fraction of sp³-hybridized carbons (Fsp3) is 0.235. The van der Waals surface area contributed by atoms with Crippen molar-refractivity contribution in [2.45, 2.75) is 25.8 Å². The number of benzene rings is 2. The van der Waals surface area contributed by atoms with E-state index in [1.54, 1.807) is 6.07 Å². The number of anilines is 1. The number of ether oxygens (including phenoxy) is 1. The van der Waals surface area contributed by atoms with E-state index in [0.29, 0.717) is 18.3 Å². The number of hydrogen-bond donors (Lipinski definition) is 1. The first-order chi connectivity index (χ1) is 9.79. The molecule has 104 valence electrons. The van der Waals surface area contributed by atoms with Gasteiger partial charge >= 0.3 is 0 Å². The summed E-state index contributed by atoms with van der Waals surface area (Å²) < 4.78 is 4.96. The lowest BCUT2D eigenvalue weighted by Crippen LogP contribution is -2.16. The van der Waals surface area contributed by atoms with Crippen LogP contribution in [0.3, 0.4) is 0 Å². The van der Waals surface area contributed by atoms with E-state index in [2.05, 4.69) is 36.5 Å². The maximum absolute atomic E-state index is 10.5. The van der Waals surface area contributed by atoms with Crippen molar-refractivity contribution in [1.82, 2.24) is 0 Å². The molecule has 0 saturated heterocycles. The molecule has 3 nitrogen and oxygen atoms in total. The molecule has 2 aromatic rings. The Balaban J connectivity index is 1.91. The van der Waals surface area contributed by atoms with Crippen molar-refractivity contribution in [1.29, 1.82) is 0 Å². The Labute approximate surface area is 119 Å². The predicted octanol–water partition coefficient (Wildman–Crippen LogP) is 3.66. The van der Waals surface area contributed by atoms with Gasteiger partial charge in [-0.05, 0) is 37.5 Å². The van der Waals surface area contributed by atoms with E-state index in [0.717, 1.165) is 18.5 Å². The summed E-state index contributed by atoms with van der Waals surface area (Å²) in [5.41, 5.74) is 2.18. The molecule has 2 rings (SSSR count). The Kier molecular flexibility index (Phi) is 5.18. The topological polar surface area (TPSA) is 38.3 Å². The zero-order chi connectivity index (χ0) is 14.2. The van der Waals surface area contributed by atoms with Crippen LogP contribution in [0, 0.1) is 0 Å². The number of aryl methyl sites for hydroxylation is 1. The smallest absolute Gasteiger partial charge is 0.298 e. The van der Waals surface area contributed by atoms with E-state index >= 15 is 0 Å². The zero-order valence-corrected chi connectivity index (χ0v) is 11.6. The van der Waals surface area contributed by atoms with Crippen LogP contribution in [0.5, 0.6) is 5.75 Å². The van der Waals surface area contributed by atoms with Gasteiger partial charge in [-0.25, -0.2) is 0 Å². The van der Waals surface area contributed by atoms with Crippen LogP contribution >= 0.6 is 0 Å². The second-order valence-corrected chi connectivity index (χ2v) is 4.78. The number of nitrogens with one attached hydrogen (secondary N) is 1. The normalized spacial score (nSPS) is 11.7. The molecule has 1 N–H and O–H groups in total. The molecule has 3 heteroatoms. The van der Waals surface area contributed by atoms with Gasteiger partial charge in [0.15, 0.2) is 5.75 Å². The molecule has 2 aromatic carbocycles. The molecule has 0 radical (unpaired) electrons. The molecule has 1 unspecified atom stereocenters. The lowest BCUT2D eigenvalue weighted by atomic mass is 10.1. The number of rotatable bonds is 7. The maximum Gasteiger partial charge on any atom is 0.298 e. The molecule has 0 heterocycles. The van der Waals surface area contributed by atoms with Crippen LogP contribution in [0.15, 0.2) is 54.6 Å². The molecule has 0 aromatic heterocycles. The Hall–Kier alpha value is -2.29. The molecule has 0 saturated carbocycles. The Morgan fingerprint density at radius 3 is 2.55 bits per heavy atom. The summed E-state index contributed by atoms with van der Waals surface area (Å²) in [4.78, 5) is 10.5. The number of para-hydroxylation sites is 2. The van der Waals surface area contributed by atoms with Gasteiger partial charge in [-0.1, -0.05) is 42.5 Å². The van der Waals surface area contributed by atoms with E-state index in [1.165, 1.54) is 5.56 Å². The van der Waals surface area contributed by atoms with Crippen molar-refractivity contribution in [3.8, 4) is 5.75 Å². The van der Waals surface area contributed by atoms with Gasteiger partial charge in [0.05, 0.1) is 5.69 Å². The lowest BCUT2D eigenvalue weighted by Gasteiger charge is -2.17. The summed E-state index contributed by atoms with van der Waals surface area (Å²) in [5.74, 6) is 0.564. The third-order valence-electron chi connectivity index (χ3n) is 3.17. The van der Waals surface area contributed by atoms with Gasteiger partial charge in [0.2, 0.25) is 0 Å². The monoisotopic (exact) mass is 269 g/mol. The highest BCUT2D eigenvalue weighted by molar-refractivity contribution is 5.61. The molecule has 0 aliphatic heterocycles. The molecule has 0 amide bonds. The first kappa shape index (κ1) is 14.1. The van der Waals surface area contributed by atoms with Gasteiger partial charge in [-0.2, -0.15) is 0 Å². The van der Waals surface area contributed by atoms with Crippen molar-refractivity contribution in [2.24, 2.45) is 0 Å². The van der Waals surface area contributed by atoms with Crippen molar-refractivity contribution in [3.05, 3.63) is 60.2 Å². The average molecular weight is 269 g/mol.